The van der Waals surface area contributed by atoms with Gasteiger partial charge in [-0.2, -0.15) is 0 Å². The number of rotatable bonds is 13. The molecule has 0 bridgehead atoms. The average molecular weight is 426 g/mol. The van der Waals surface area contributed by atoms with Gasteiger partial charge in [-0.15, -0.1) is 0 Å². The van der Waals surface area contributed by atoms with E-state index < -0.39 is 0 Å². The van der Waals surface area contributed by atoms with Crippen LogP contribution in [-0.2, 0) is 4.79 Å². The molecule has 0 radical (unpaired) electrons. The highest BCUT2D eigenvalue weighted by Crippen LogP contribution is 2.31. The van der Waals surface area contributed by atoms with Crippen molar-refractivity contribution in [3.8, 4) is 11.5 Å². The van der Waals surface area contributed by atoms with Crippen LogP contribution in [0.25, 0.3) is 0 Å². The summed E-state index contributed by atoms with van der Waals surface area (Å²) in [6.45, 7) is 12.7. The zero-order valence-corrected chi connectivity index (χ0v) is 20.1. The largest absolute Gasteiger partial charge is 0.494 e. The van der Waals surface area contributed by atoms with E-state index in [1.54, 1.807) is 0 Å². The smallest absolute Gasteiger partial charge is 0.127 e. The lowest BCUT2D eigenvalue weighted by Gasteiger charge is -2.26. The van der Waals surface area contributed by atoms with Gasteiger partial charge >= 0.3 is 0 Å². The molecule has 2 atom stereocenters. The van der Waals surface area contributed by atoms with Gasteiger partial charge in [0.05, 0.1) is 13.2 Å². The summed E-state index contributed by atoms with van der Waals surface area (Å²) in [6.07, 6.45) is 2.93. The number of ether oxygens (including phenoxy) is 2. The van der Waals surface area contributed by atoms with Gasteiger partial charge in [-0.05, 0) is 81.9 Å². The van der Waals surface area contributed by atoms with Crippen LogP contribution in [0.4, 0.5) is 0 Å². The molecule has 170 valence electrons. The molecule has 0 spiro atoms. The van der Waals surface area contributed by atoms with E-state index in [1.165, 1.54) is 16.7 Å². The first-order chi connectivity index (χ1) is 14.9. The van der Waals surface area contributed by atoms with Crippen LogP contribution in [0, 0.1) is 0 Å². The molecule has 0 fully saturated rings. The number of hydrogen-bond acceptors (Lipinski definition) is 4. The van der Waals surface area contributed by atoms with Crippen molar-refractivity contribution in [3.63, 3.8) is 0 Å². The SMILES string of the molecule is CCOc1cc(OCC)cc(C(C)N(C)CCCC(C=O)c2ccccc2C(C)C)c1. The molecule has 0 saturated carbocycles. The second-order valence-electron chi connectivity index (χ2n) is 8.43. The summed E-state index contributed by atoms with van der Waals surface area (Å²) in [4.78, 5) is 14.2. The lowest BCUT2D eigenvalue weighted by molar-refractivity contribution is -0.109. The van der Waals surface area contributed by atoms with E-state index in [0.29, 0.717) is 19.1 Å². The Bertz CT molecular complexity index is 794. The van der Waals surface area contributed by atoms with Gasteiger partial charge in [0.1, 0.15) is 17.8 Å². The van der Waals surface area contributed by atoms with Crippen LogP contribution in [0.15, 0.2) is 42.5 Å². The van der Waals surface area contributed by atoms with Crippen LogP contribution in [0.1, 0.15) is 82.0 Å². The lowest BCUT2D eigenvalue weighted by atomic mass is 9.87. The van der Waals surface area contributed by atoms with Crippen LogP contribution in [0.5, 0.6) is 11.5 Å². The van der Waals surface area contributed by atoms with Gasteiger partial charge < -0.3 is 14.3 Å². The molecule has 0 aliphatic carbocycles. The molecule has 4 nitrogen and oxygen atoms in total. The minimum atomic E-state index is -0.0480. The molecule has 31 heavy (non-hydrogen) atoms. The summed E-state index contributed by atoms with van der Waals surface area (Å²) in [7, 11) is 2.14. The summed E-state index contributed by atoms with van der Waals surface area (Å²) in [5.74, 6) is 2.05. The number of carbonyl (C=O) groups excluding carboxylic acids is 1. The molecule has 0 aliphatic rings. The van der Waals surface area contributed by atoms with Gasteiger partial charge in [-0.3, -0.25) is 4.90 Å². The number of hydrogen-bond donors (Lipinski definition) is 0. The topological polar surface area (TPSA) is 38.8 Å². The first-order valence-electron chi connectivity index (χ1n) is 11.6. The van der Waals surface area contributed by atoms with E-state index in [9.17, 15) is 4.79 Å². The molecule has 0 heterocycles. The predicted molar refractivity (Wildman–Crippen MR) is 128 cm³/mol. The Morgan fingerprint density at radius 1 is 0.935 bits per heavy atom. The number of aldehydes is 1. The van der Waals surface area contributed by atoms with Crippen LogP contribution < -0.4 is 9.47 Å². The Kier molecular flexibility index (Phi) is 10.1. The fourth-order valence-corrected chi connectivity index (χ4v) is 4.01. The Morgan fingerprint density at radius 3 is 2.03 bits per heavy atom. The zero-order valence-electron chi connectivity index (χ0n) is 20.1. The monoisotopic (exact) mass is 425 g/mol. The highest BCUT2D eigenvalue weighted by Gasteiger charge is 2.18. The van der Waals surface area contributed by atoms with Crippen molar-refractivity contribution in [3.05, 3.63) is 59.2 Å². The Labute approximate surface area is 188 Å². The van der Waals surface area contributed by atoms with E-state index in [2.05, 4.69) is 63.1 Å². The maximum Gasteiger partial charge on any atom is 0.127 e. The van der Waals surface area contributed by atoms with E-state index in [4.69, 9.17) is 9.47 Å². The summed E-state index contributed by atoms with van der Waals surface area (Å²) in [6, 6.07) is 14.7. The van der Waals surface area contributed by atoms with E-state index in [0.717, 1.165) is 37.2 Å². The number of benzene rings is 2. The molecule has 2 unspecified atom stereocenters. The summed E-state index contributed by atoms with van der Waals surface area (Å²) in [5.41, 5.74) is 3.63. The van der Waals surface area contributed by atoms with Crippen molar-refractivity contribution in [2.45, 2.75) is 65.3 Å². The Hall–Kier alpha value is -2.33. The highest BCUT2D eigenvalue weighted by molar-refractivity contribution is 5.63. The summed E-state index contributed by atoms with van der Waals surface area (Å²) >= 11 is 0. The molecule has 0 N–H and O–H groups in total. The van der Waals surface area contributed by atoms with Gasteiger partial charge in [0, 0.05) is 18.0 Å². The normalized spacial score (nSPS) is 13.3. The lowest BCUT2D eigenvalue weighted by Crippen LogP contribution is -2.24. The van der Waals surface area contributed by atoms with E-state index in [1.807, 2.05) is 26.0 Å². The van der Waals surface area contributed by atoms with Gasteiger partial charge in [0.15, 0.2) is 0 Å². The first-order valence-corrected chi connectivity index (χ1v) is 11.6. The quantitative estimate of drug-likeness (QED) is 0.350. The second-order valence-corrected chi connectivity index (χ2v) is 8.43. The number of nitrogens with zero attached hydrogens (tertiary/aromatic N) is 1. The van der Waals surface area contributed by atoms with Crippen molar-refractivity contribution in [2.75, 3.05) is 26.8 Å². The van der Waals surface area contributed by atoms with Crippen molar-refractivity contribution < 1.29 is 14.3 Å². The maximum absolute atomic E-state index is 11.9. The predicted octanol–water partition coefficient (Wildman–Crippen LogP) is 6.36. The van der Waals surface area contributed by atoms with Gasteiger partial charge in [-0.1, -0.05) is 38.1 Å². The molecule has 2 aromatic rings. The van der Waals surface area contributed by atoms with Crippen LogP contribution >= 0.6 is 0 Å². The summed E-state index contributed by atoms with van der Waals surface area (Å²) < 4.78 is 11.5. The third-order valence-corrected chi connectivity index (χ3v) is 5.88. The fraction of sp³-hybridized carbons (Fsp3) is 0.519. The highest BCUT2D eigenvalue weighted by atomic mass is 16.5. The van der Waals surface area contributed by atoms with Crippen LogP contribution in [0.3, 0.4) is 0 Å². The number of carbonyl (C=O) groups is 1. The van der Waals surface area contributed by atoms with E-state index in [-0.39, 0.29) is 12.0 Å². The van der Waals surface area contributed by atoms with Crippen LogP contribution in [-0.4, -0.2) is 38.0 Å². The van der Waals surface area contributed by atoms with Crippen molar-refractivity contribution >= 4 is 6.29 Å². The molecule has 0 aromatic heterocycles. The fourth-order valence-electron chi connectivity index (χ4n) is 4.01. The standard InChI is InChI=1S/C27H39NO3/c1-7-30-24-16-23(17-25(18-24)31-8-2)21(5)28(6)15-11-12-22(19-29)27-14-10-9-13-26(27)20(3)4/h9-10,13-14,16-22H,7-8,11-12,15H2,1-6H3. The molecule has 0 amide bonds. The van der Waals surface area contributed by atoms with Crippen molar-refractivity contribution in [1.29, 1.82) is 0 Å². The third kappa shape index (κ3) is 7.10. The molecule has 0 aliphatic heterocycles. The van der Waals surface area contributed by atoms with Crippen molar-refractivity contribution in [1.82, 2.24) is 4.90 Å². The van der Waals surface area contributed by atoms with Gasteiger partial charge in [-0.25, -0.2) is 0 Å². The second kappa shape index (κ2) is 12.5. The first kappa shape index (κ1) is 24.9. The van der Waals surface area contributed by atoms with E-state index >= 15 is 0 Å². The molecule has 2 rings (SSSR count). The maximum atomic E-state index is 11.9. The molecular formula is C27H39NO3. The molecular weight excluding hydrogens is 386 g/mol. The van der Waals surface area contributed by atoms with Crippen LogP contribution in [0.2, 0.25) is 0 Å². The minimum Gasteiger partial charge on any atom is -0.494 e. The third-order valence-electron chi connectivity index (χ3n) is 5.88. The summed E-state index contributed by atoms with van der Waals surface area (Å²) in [5, 5.41) is 0. The average Bonchev–Trinajstić information content (AvgIpc) is 2.76. The minimum absolute atomic E-state index is 0.0480. The molecule has 4 heteroatoms. The Morgan fingerprint density at radius 2 is 1.52 bits per heavy atom. The Balaban J connectivity index is 2.03. The molecule has 0 saturated heterocycles. The van der Waals surface area contributed by atoms with Gasteiger partial charge in [0.25, 0.3) is 0 Å². The molecule has 2 aromatic carbocycles. The zero-order chi connectivity index (χ0) is 22.8. The van der Waals surface area contributed by atoms with Gasteiger partial charge in [0.2, 0.25) is 0 Å². The van der Waals surface area contributed by atoms with Crippen molar-refractivity contribution in [2.24, 2.45) is 0 Å².